The molecule has 0 N–H and O–H groups in total. The summed E-state index contributed by atoms with van der Waals surface area (Å²) in [4.78, 5) is 31.0. The van der Waals surface area contributed by atoms with Gasteiger partial charge in [-0.1, -0.05) is 17.7 Å². The monoisotopic (exact) mass is 522 g/mol. The predicted molar refractivity (Wildman–Crippen MR) is 132 cm³/mol. The molecule has 1 aliphatic heterocycles. The van der Waals surface area contributed by atoms with Crippen molar-refractivity contribution in [2.24, 2.45) is 0 Å². The normalized spacial score (nSPS) is 14.1. The molecule has 0 atom stereocenters. The number of nitro groups is 1. The van der Waals surface area contributed by atoms with Crippen LogP contribution >= 0.6 is 0 Å². The predicted octanol–water partition coefficient (Wildman–Crippen LogP) is 3.95. The molecule has 11 nitrogen and oxygen atoms in total. The number of amides is 1. The van der Waals surface area contributed by atoms with E-state index in [9.17, 15) is 23.3 Å². The first-order valence-corrected chi connectivity index (χ1v) is 12.9. The Balaban J connectivity index is 1.41. The molecule has 12 heteroatoms. The van der Waals surface area contributed by atoms with E-state index in [0.29, 0.717) is 24.4 Å². The van der Waals surface area contributed by atoms with E-state index < -0.39 is 14.8 Å². The second-order valence-corrected chi connectivity index (χ2v) is 10.4. The number of piperazine rings is 1. The molecule has 4 aromatic rings. The number of carbonyl (C=O) groups is 1. The van der Waals surface area contributed by atoms with Gasteiger partial charge >= 0.3 is 0 Å². The Morgan fingerprint density at radius 3 is 2.27 bits per heavy atom. The molecule has 0 spiro atoms. The largest absolute Gasteiger partial charge is 0.459 e. The van der Waals surface area contributed by atoms with E-state index >= 15 is 0 Å². The Morgan fingerprint density at radius 2 is 1.68 bits per heavy atom. The zero-order valence-electron chi connectivity index (χ0n) is 19.7. The molecular weight excluding hydrogens is 500 g/mol. The molecule has 0 radical (unpaired) electrons. The molecule has 0 unspecified atom stereocenters. The summed E-state index contributed by atoms with van der Waals surface area (Å²) in [5.74, 6) is 0.138. The van der Waals surface area contributed by atoms with Gasteiger partial charge in [0, 0.05) is 43.9 Å². The van der Waals surface area contributed by atoms with Crippen molar-refractivity contribution >= 4 is 27.3 Å². The molecule has 0 bridgehead atoms. The van der Waals surface area contributed by atoms with E-state index in [1.54, 1.807) is 34.1 Å². The molecule has 2 aromatic carbocycles. The molecular formula is C25H22N4O7S. The number of carbonyl (C=O) groups excluding carboxylic acids is 1. The Labute approximate surface area is 212 Å². The van der Waals surface area contributed by atoms with Gasteiger partial charge in [-0.15, -0.1) is 0 Å². The first-order chi connectivity index (χ1) is 17.7. The van der Waals surface area contributed by atoms with Crippen LogP contribution in [0.4, 0.5) is 11.6 Å². The number of furan rings is 1. The number of anilines is 1. The van der Waals surface area contributed by atoms with Gasteiger partial charge in [-0.2, -0.15) is 4.98 Å². The van der Waals surface area contributed by atoms with Crippen LogP contribution in [0, 0.1) is 17.0 Å². The number of aromatic nitrogens is 1. The van der Waals surface area contributed by atoms with Gasteiger partial charge in [0.1, 0.15) is 0 Å². The summed E-state index contributed by atoms with van der Waals surface area (Å²) in [6.45, 7) is 3.03. The molecule has 3 heterocycles. The second kappa shape index (κ2) is 9.54. The topological polar surface area (TPSA) is 140 Å². The first kappa shape index (κ1) is 24.3. The number of aryl methyl sites for hydroxylation is 1. The molecule has 2 aromatic heterocycles. The Bertz CT molecular complexity index is 1540. The fraction of sp³-hybridized carbons (Fsp3) is 0.200. The SMILES string of the molecule is Cc1ccc(S(=O)(=O)c2nc(-c3ccco3)oc2N2CCN(C(=O)c3ccc([N+](=O)[O-])cc3)CC2)cc1. The highest BCUT2D eigenvalue weighted by Gasteiger charge is 2.34. The summed E-state index contributed by atoms with van der Waals surface area (Å²) in [6.07, 6.45) is 1.44. The van der Waals surface area contributed by atoms with Crippen molar-refractivity contribution in [3.8, 4) is 11.7 Å². The standard InChI is InChI=1S/C25H22N4O7S/c1-17-4-10-20(11-5-17)37(33,34)23-25(36-22(26-23)21-3-2-16-35-21)28-14-12-27(13-15-28)24(30)18-6-8-19(9-7-18)29(31)32/h2-11,16H,12-15H2,1H3. The summed E-state index contributed by atoms with van der Waals surface area (Å²) in [7, 11) is -4.01. The Kier molecular flexibility index (Phi) is 6.25. The zero-order valence-corrected chi connectivity index (χ0v) is 20.6. The first-order valence-electron chi connectivity index (χ1n) is 11.4. The van der Waals surface area contributed by atoms with Crippen LogP contribution in [0.15, 0.2) is 85.7 Å². The summed E-state index contributed by atoms with van der Waals surface area (Å²) < 4.78 is 38.4. The molecule has 190 valence electrons. The minimum absolute atomic E-state index is 0.0371. The highest BCUT2D eigenvalue weighted by Crippen LogP contribution is 2.35. The number of hydrogen-bond acceptors (Lipinski definition) is 9. The third-order valence-corrected chi connectivity index (χ3v) is 7.74. The van der Waals surface area contributed by atoms with Crippen LogP contribution in [0.3, 0.4) is 0 Å². The lowest BCUT2D eigenvalue weighted by Gasteiger charge is -2.34. The van der Waals surface area contributed by atoms with Gasteiger partial charge in [-0.05, 0) is 43.3 Å². The van der Waals surface area contributed by atoms with Crippen LogP contribution in [0.25, 0.3) is 11.7 Å². The van der Waals surface area contributed by atoms with E-state index in [-0.39, 0.29) is 46.4 Å². The quantitative estimate of drug-likeness (QED) is 0.272. The molecule has 37 heavy (non-hydrogen) atoms. The smallest absolute Gasteiger partial charge is 0.269 e. The fourth-order valence-corrected chi connectivity index (χ4v) is 5.35. The average Bonchev–Trinajstić information content (AvgIpc) is 3.60. The van der Waals surface area contributed by atoms with E-state index in [1.807, 2.05) is 6.92 Å². The number of nitrogens with zero attached hydrogens (tertiary/aromatic N) is 4. The van der Waals surface area contributed by atoms with Gasteiger partial charge in [0.05, 0.1) is 16.1 Å². The number of rotatable bonds is 6. The third kappa shape index (κ3) is 4.70. The number of benzene rings is 2. The second-order valence-electron chi connectivity index (χ2n) is 8.51. The highest BCUT2D eigenvalue weighted by molar-refractivity contribution is 7.91. The average molecular weight is 523 g/mol. The molecule has 0 aliphatic carbocycles. The van der Waals surface area contributed by atoms with E-state index in [1.165, 1.54) is 42.7 Å². The van der Waals surface area contributed by atoms with Crippen LogP contribution in [0.2, 0.25) is 0 Å². The van der Waals surface area contributed by atoms with E-state index in [2.05, 4.69) is 4.98 Å². The molecule has 1 fully saturated rings. The van der Waals surface area contributed by atoms with E-state index in [4.69, 9.17) is 8.83 Å². The van der Waals surface area contributed by atoms with Crippen LogP contribution in [-0.4, -0.2) is 55.3 Å². The zero-order chi connectivity index (χ0) is 26.2. The number of non-ortho nitro benzene ring substituents is 1. The fourth-order valence-electron chi connectivity index (χ4n) is 4.03. The number of nitro benzene ring substituents is 1. The van der Waals surface area contributed by atoms with Crippen LogP contribution in [0.5, 0.6) is 0 Å². The number of sulfone groups is 1. The summed E-state index contributed by atoms with van der Waals surface area (Å²) in [6, 6.07) is 15.2. The van der Waals surface area contributed by atoms with Gasteiger partial charge < -0.3 is 18.6 Å². The van der Waals surface area contributed by atoms with Crippen molar-refractivity contribution in [2.75, 3.05) is 31.1 Å². The Morgan fingerprint density at radius 1 is 1.00 bits per heavy atom. The van der Waals surface area contributed by atoms with Crippen molar-refractivity contribution in [1.29, 1.82) is 0 Å². The summed E-state index contributed by atoms with van der Waals surface area (Å²) in [5.41, 5.74) is 1.16. The van der Waals surface area contributed by atoms with Crippen LogP contribution in [0.1, 0.15) is 15.9 Å². The van der Waals surface area contributed by atoms with Crippen LogP contribution < -0.4 is 4.90 Å². The molecule has 1 amide bonds. The van der Waals surface area contributed by atoms with Crippen molar-refractivity contribution in [2.45, 2.75) is 16.8 Å². The van der Waals surface area contributed by atoms with E-state index in [0.717, 1.165) is 5.56 Å². The van der Waals surface area contributed by atoms with Gasteiger partial charge in [0.2, 0.25) is 20.7 Å². The van der Waals surface area contributed by atoms with Crippen molar-refractivity contribution < 1.29 is 27.0 Å². The number of hydrogen-bond donors (Lipinski definition) is 0. The summed E-state index contributed by atoms with van der Waals surface area (Å²) >= 11 is 0. The lowest BCUT2D eigenvalue weighted by atomic mass is 10.1. The maximum absolute atomic E-state index is 13.5. The molecule has 1 aliphatic rings. The molecule has 5 rings (SSSR count). The number of oxazole rings is 1. The van der Waals surface area contributed by atoms with Gasteiger partial charge in [0.15, 0.2) is 5.76 Å². The maximum atomic E-state index is 13.5. The third-order valence-electron chi connectivity index (χ3n) is 6.08. The van der Waals surface area contributed by atoms with Gasteiger partial charge in [-0.25, -0.2) is 8.42 Å². The maximum Gasteiger partial charge on any atom is 0.269 e. The van der Waals surface area contributed by atoms with Crippen molar-refractivity contribution in [1.82, 2.24) is 9.88 Å². The van der Waals surface area contributed by atoms with Gasteiger partial charge in [0.25, 0.3) is 17.5 Å². The lowest BCUT2D eigenvalue weighted by Crippen LogP contribution is -2.49. The van der Waals surface area contributed by atoms with Crippen molar-refractivity contribution in [3.05, 3.63) is 88.2 Å². The van der Waals surface area contributed by atoms with Crippen LogP contribution in [-0.2, 0) is 9.84 Å². The molecule has 1 saturated heterocycles. The van der Waals surface area contributed by atoms with Gasteiger partial charge in [-0.3, -0.25) is 14.9 Å². The lowest BCUT2D eigenvalue weighted by molar-refractivity contribution is -0.384. The minimum Gasteiger partial charge on any atom is -0.459 e. The highest BCUT2D eigenvalue weighted by atomic mass is 32.2. The van der Waals surface area contributed by atoms with Crippen molar-refractivity contribution in [3.63, 3.8) is 0 Å². The Hall–Kier alpha value is -4.45. The molecule has 0 saturated carbocycles. The minimum atomic E-state index is -4.01. The summed E-state index contributed by atoms with van der Waals surface area (Å²) in [5, 5.41) is 10.7.